The fraction of sp³-hybridized carbons (Fsp3) is 0.231. The van der Waals surface area contributed by atoms with Gasteiger partial charge in [-0.1, -0.05) is 18.5 Å². The molecule has 0 fully saturated rings. The molecule has 8 heteroatoms. The van der Waals surface area contributed by atoms with Gasteiger partial charge in [-0.3, -0.25) is 15.6 Å². The highest BCUT2D eigenvalue weighted by atomic mass is 35.5. The largest absolute Gasteiger partial charge is 0.382 e. The second-order valence-electron chi connectivity index (χ2n) is 4.09. The number of anilines is 2. The Bertz CT molecular complexity index is 620. The molecular formula is C13H15ClN6O. The number of carbonyl (C=O) groups is 1. The maximum absolute atomic E-state index is 11.5. The number of carbonyl (C=O) groups excluding carboxylic acids is 1. The molecule has 0 aliphatic heterocycles. The van der Waals surface area contributed by atoms with E-state index in [0.29, 0.717) is 22.8 Å². The second-order valence-corrected chi connectivity index (χ2v) is 4.50. The molecule has 110 valence electrons. The molecule has 1 amide bonds. The summed E-state index contributed by atoms with van der Waals surface area (Å²) in [7, 11) is 0. The standard InChI is InChI=1S/C13H15ClN6O/c1-2-3-12(21)18-10-5-4-8(6-9(10)14)19-20-11(7-15)13(16)17/h4-6,19H,2-3H2,1H3,(H3,16,17)(H,18,21)/b20-11+. The maximum atomic E-state index is 11.5. The molecule has 0 aliphatic carbocycles. The molecule has 0 radical (unpaired) electrons. The number of amidine groups is 1. The number of hydrogen-bond donors (Lipinski definition) is 4. The van der Waals surface area contributed by atoms with Crippen LogP contribution in [0.2, 0.25) is 5.02 Å². The van der Waals surface area contributed by atoms with Crippen molar-refractivity contribution in [1.82, 2.24) is 0 Å². The first-order valence-electron chi connectivity index (χ1n) is 6.15. The normalized spacial score (nSPS) is 10.6. The zero-order valence-electron chi connectivity index (χ0n) is 11.4. The predicted molar refractivity (Wildman–Crippen MR) is 83.6 cm³/mol. The van der Waals surface area contributed by atoms with E-state index in [2.05, 4.69) is 15.8 Å². The Morgan fingerprint density at radius 3 is 2.81 bits per heavy atom. The predicted octanol–water partition coefficient (Wildman–Crippen LogP) is 2.31. The summed E-state index contributed by atoms with van der Waals surface area (Å²) in [5, 5.41) is 22.5. The van der Waals surface area contributed by atoms with Gasteiger partial charge < -0.3 is 11.1 Å². The van der Waals surface area contributed by atoms with E-state index in [0.717, 1.165) is 6.42 Å². The lowest BCUT2D eigenvalue weighted by Gasteiger charge is -2.08. The van der Waals surface area contributed by atoms with E-state index in [-0.39, 0.29) is 11.6 Å². The summed E-state index contributed by atoms with van der Waals surface area (Å²) in [6.07, 6.45) is 1.17. The molecule has 0 saturated carbocycles. The number of halogens is 1. The topological polar surface area (TPSA) is 127 Å². The Kier molecular flexibility index (Phi) is 6.17. The zero-order valence-corrected chi connectivity index (χ0v) is 12.2. The average molecular weight is 307 g/mol. The molecule has 5 N–H and O–H groups in total. The number of benzene rings is 1. The van der Waals surface area contributed by atoms with E-state index in [1.165, 1.54) is 0 Å². The van der Waals surface area contributed by atoms with E-state index in [4.69, 9.17) is 28.0 Å². The number of nitrogens with one attached hydrogen (secondary N) is 3. The minimum atomic E-state index is -0.431. The summed E-state index contributed by atoms with van der Waals surface area (Å²) < 4.78 is 0. The van der Waals surface area contributed by atoms with Gasteiger partial charge in [0.25, 0.3) is 0 Å². The van der Waals surface area contributed by atoms with E-state index in [1.807, 2.05) is 6.92 Å². The molecule has 1 aromatic carbocycles. The minimum Gasteiger partial charge on any atom is -0.382 e. The van der Waals surface area contributed by atoms with Crippen LogP contribution >= 0.6 is 11.6 Å². The van der Waals surface area contributed by atoms with Crippen molar-refractivity contribution in [3.8, 4) is 6.07 Å². The van der Waals surface area contributed by atoms with Crippen LogP contribution in [0.5, 0.6) is 0 Å². The second kappa shape index (κ2) is 7.87. The summed E-state index contributed by atoms with van der Waals surface area (Å²) in [6, 6.07) is 6.48. The van der Waals surface area contributed by atoms with Crippen LogP contribution in [0, 0.1) is 16.7 Å². The van der Waals surface area contributed by atoms with Gasteiger partial charge in [0.15, 0.2) is 5.84 Å². The van der Waals surface area contributed by atoms with Crippen LogP contribution in [0.4, 0.5) is 11.4 Å². The van der Waals surface area contributed by atoms with Crippen molar-refractivity contribution < 1.29 is 4.79 Å². The average Bonchev–Trinajstić information content (AvgIpc) is 2.42. The smallest absolute Gasteiger partial charge is 0.224 e. The Balaban J connectivity index is 2.81. The molecule has 0 aliphatic rings. The fourth-order valence-electron chi connectivity index (χ4n) is 1.39. The van der Waals surface area contributed by atoms with Crippen LogP contribution in [-0.2, 0) is 4.79 Å². The summed E-state index contributed by atoms with van der Waals surface area (Å²) in [5.74, 6) is -0.541. The van der Waals surface area contributed by atoms with Gasteiger partial charge in [0, 0.05) is 6.42 Å². The first kappa shape index (κ1) is 16.5. The third-order valence-corrected chi connectivity index (χ3v) is 2.69. The van der Waals surface area contributed by atoms with E-state index < -0.39 is 5.84 Å². The number of nitrogens with zero attached hydrogens (tertiary/aromatic N) is 2. The van der Waals surface area contributed by atoms with E-state index >= 15 is 0 Å². The lowest BCUT2D eigenvalue weighted by Crippen LogP contribution is -2.21. The lowest BCUT2D eigenvalue weighted by atomic mass is 10.2. The lowest BCUT2D eigenvalue weighted by molar-refractivity contribution is -0.116. The number of rotatable bonds is 6. The molecule has 0 heterocycles. The van der Waals surface area contributed by atoms with Crippen LogP contribution in [0.15, 0.2) is 23.3 Å². The molecule has 1 rings (SSSR count). The van der Waals surface area contributed by atoms with Crippen LogP contribution in [0.25, 0.3) is 0 Å². The van der Waals surface area contributed by atoms with Gasteiger partial charge in [0.1, 0.15) is 6.07 Å². The van der Waals surface area contributed by atoms with Gasteiger partial charge in [-0.15, -0.1) is 0 Å². The van der Waals surface area contributed by atoms with Crippen molar-refractivity contribution in [1.29, 1.82) is 10.7 Å². The van der Waals surface area contributed by atoms with E-state index in [1.54, 1.807) is 24.3 Å². The van der Waals surface area contributed by atoms with Gasteiger partial charge in [-0.25, -0.2) is 0 Å². The third kappa shape index (κ3) is 5.12. The van der Waals surface area contributed by atoms with Gasteiger partial charge in [-0.2, -0.15) is 10.4 Å². The molecular weight excluding hydrogens is 292 g/mol. The molecule has 0 atom stereocenters. The number of hydrazone groups is 1. The van der Waals surface area contributed by atoms with Crippen LogP contribution in [0.1, 0.15) is 19.8 Å². The summed E-state index contributed by atoms with van der Waals surface area (Å²) in [5.41, 5.74) is 8.51. The summed E-state index contributed by atoms with van der Waals surface area (Å²) >= 11 is 6.05. The molecule has 21 heavy (non-hydrogen) atoms. The molecule has 0 spiro atoms. The summed E-state index contributed by atoms with van der Waals surface area (Å²) in [6.45, 7) is 1.91. The number of nitrogens with two attached hydrogens (primary N) is 1. The Morgan fingerprint density at radius 1 is 1.57 bits per heavy atom. The molecule has 0 bridgehead atoms. The zero-order chi connectivity index (χ0) is 15.8. The van der Waals surface area contributed by atoms with Crippen molar-refractivity contribution in [3.63, 3.8) is 0 Å². The highest BCUT2D eigenvalue weighted by Gasteiger charge is 2.06. The summed E-state index contributed by atoms with van der Waals surface area (Å²) in [4.78, 5) is 11.5. The molecule has 7 nitrogen and oxygen atoms in total. The molecule has 1 aromatic rings. The Morgan fingerprint density at radius 2 is 2.29 bits per heavy atom. The monoisotopic (exact) mass is 306 g/mol. The maximum Gasteiger partial charge on any atom is 0.224 e. The van der Waals surface area contributed by atoms with Crippen molar-refractivity contribution in [2.75, 3.05) is 10.7 Å². The third-order valence-electron chi connectivity index (χ3n) is 2.38. The van der Waals surface area contributed by atoms with Crippen LogP contribution in [-0.4, -0.2) is 17.5 Å². The van der Waals surface area contributed by atoms with Crippen LogP contribution < -0.4 is 16.5 Å². The van der Waals surface area contributed by atoms with Gasteiger partial charge in [-0.05, 0) is 24.6 Å². The van der Waals surface area contributed by atoms with Crippen LogP contribution in [0.3, 0.4) is 0 Å². The highest BCUT2D eigenvalue weighted by Crippen LogP contribution is 2.25. The number of hydrogen-bond acceptors (Lipinski definition) is 5. The van der Waals surface area contributed by atoms with Crippen molar-refractivity contribution in [3.05, 3.63) is 23.2 Å². The van der Waals surface area contributed by atoms with Crippen molar-refractivity contribution in [2.24, 2.45) is 10.8 Å². The minimum absolute atomic E-state index is 0.110. The number of nitriles is 1. The van der Waals surface area contributed by atoms with Gasteiger partial charge >= 0.3 is 0 Å². The molecule has 0 aromatic heterocycles. The Labute approximate surface area is 127 Å². The van der Waals surface area contributed by atoms with Crippen molar-refractivity contribution >= 4 is 40.4 Å². The van der Waals surface area contributed by atoms with E-state index in [9.17, 15) is 4.79 Å². The molecule has 0 unspecified atom stereocenters. The molecule has 0 saturated heterocycles. The SMILES string of the molecule is CCCC(=O)Nc1ccc(N/N=C(\C#N)C(=N)N)cc1Cl. The quantitative estimate of drug-likeness (QED) is 0.365. The fourth-order valence-corrected chi connectivity index (χ4v) is 1.62. The van der Waals surface area contributed by atoms with Crippen molar-refractivity contribution in [2.45, 2.75) is 19.8 Å². The first-order valence-corrected chi connectivity index (χ1v) is 6.53. The van der Waals surface area contributed by atoms with Gasteiger partial charge in [0.05, 0.1) is 16.4 Å². The first-order chi connectivity index (χ1) is 9.97. The number of amides is 1. The highest BCUT2D eigenvalue weighted by molar-refractivity contribution is 6.45. The van der Waals surface area contributed by atoms with Gasteiger partial charge in [0.2, 0.25) is 11.6 Å². The Hall–Kier alpha value is -2.59.